The normalized spacial score (nSPS) is 17.7. The first-order valence-corrected chi connectivity index (χ1v) is 7.96. The molecule has 0 unspecified atom stereocenters. The molecular weight excluding hydrogens is 327 g/mol. The van der Waals surface area contributed by atoms with Crippen LogP contribution in [0.2, 0.25) is 0 Å². The van der Waals surface area contributed by atoms with Gasteiger partial charge in [-0.25, -0.2) is 0 Å². The van der Waals surface area contributed by atoms with E-state index in [1.165, 1.54) is 23.9 Å². The molecule has 1 aromatic carbocycles. The van der Waals surface area contributed by atoms with Crippen LogP contribution in [0.3, 0.4) is 0 Å². The van der Waals surface area contributed by atoms with E-state index < -0.39 is 12.8 Å². The van der Waals surface area contributed by atoms with E-state index in [4.69, 9.17) is 0 Å². The Hall–Kier alpha value is -1.70. The van der Waals surface area contributed by atoms with Gasteiger partial charge in [0, 0.05) is 5.75 Å². The number of nitrogens with zero attached hydrogens (tertiary/aromatic N) is 2. The molecule has 1 aliphatic rings. The molecule has 0 aromatic heterocycles. The maximum Gasteiger partial charge on any atom is 0.422 e. The summed E-state index contributed by atoms with van der Waals surface area (Å²) in [4.78, 5) is 4.49. The Morgan fingerprint density at radius 2 is 1.87 bits per heavy atom. The van der Waals surface area contributed by atoms with Gasteiger partial charge in [0.15, 0.2) is 11.8 Å². The second-order valence-electron chi connectivity index (χ2n) is 5.97. The van der Waals surface area contributed by atoms with Gasteiger partial charge in [-0.15, -0.1) is 0 Å². The van der Waals surface area contributed by atoms with Crippen molar-refractivity contribution in [2.45, 2.75) is 32.5 Å². The van der Waals surface area contributed by atoms with Crippen LogP contribution in [-0.4, -0.2) is 35.0 Å². The Kier molecular flexibility index (Phi) is 5.23. The standard InChI is InChI=1S/C15H18F3N3OS/c1-14(2,3)19-13-21-20-12(8-23-13)10-4-6-11(7-5-10)22-9-15(16,17)18/h4-7H,8-9H2,1-3H3,(H,19,21). The molecule has 1 heterocycles. The SMILES string of the molecule is CC(C)(C)N=C1NN=C(c2ccc(OCC(F)(F)F)cc2)CS1. The Morgan fingerprint density at radius 1 is 1.22 bits per heavy atom. The number of hydrogen-bond acceptors (Lipinski definition) is 4. The molecule has 0 aliphatic carbocycles. The fourth-order valence-corrected chi connectivity index (χ4v) is 2.69. The van der Waals surface area contributed by atoms with Crippen LogP contribution in [0.25, 0.3) is 0 Å². The number of thioether (sulfide) groups is 1. The van der Waals surface area contributed by atoms with Gasteiger partial charge in [0.25, 0.3) is 0 Å². The Morgan fingerprint density at radius 3 is 2.35 bits per heavy atom. The van der Waals surface area contributed by atoms with Crippen molar-refractivity contribution < 1.29 is 17.9 Å². The fraction of sp³-hybridized carbons (Fsp3) is 0.467. The summed E-state index contributed by atoms with van der Waals surface area (Å²) >= 11 is 1.54. The van der Waals surface area contributed by atoms with E-state index in [1.54, 1.807) is 12.1 Å². The molecule has 1 aliphatic heterocycles. The highest BCUT2D eigenvalue weighted by molar-refractivity contribution is 8.14. The maximum atomic E-state index is 12.1. The van der Waals surface area contributed by atoms with Crippen LogP contribution >= 0.6 is 11.8 Å². The molecule has 0 amide bonds. The average molecular weight is 345 g/mol. The van der Waals surface area contributed by atoms with E-state index in [0.717, 1.165) is 16.4 Å². The minimum absolute atomic E-state index is 0.179. The summed E-state index contributed by atoms with van der Waals surface area (Å²) in [5.74, 6) is 0.822. The second-order valence-corrected chi connectivity index (χ2v) is 6.94. The topological polar surface area (TPSA) is 46.0 Å². The molecule has 0 radical (unpaired) electrons. The summed E-state index contributed by atoms with van der Waals surface area (Å²) in [5, 5.41) is 5.03. The van der Waals surface area contributed by atoms with Gasteiger partial charge in [0.2, 0.25) is 0 Å². The highest BCUT2D eigenvalue weighted by Gasteiger charge is 2.28. The van der Waals surface area contributed by atoms with Gasteiger partial charge < -0.3 is 4.74 Å². The van der Waals surface area contributed by atoms with Gasteiger partial charge in [-0.2, -0.15) is 18.3 Å². The van der Waals surface area contributed by atoms with Crippen molar-refractivity contribution in [1.29, 1.82) is 0 Å². The maximum absolute atomic E-state index is 12.1. The van der Waals surface area contributed by atoms with E-state index in [9.17, 15) is 13.2 Å². The number of amidine groups is 1. The number of rotatable bonds is 3. The zero-order chi connectivity index (χ0) is 17.1. The lowest BCUT2D eigenvalue weighted by Gasteiger charge is -2.19. The third-order valence-corrected chi connectivity index (χ3v) is 3.53. The summed E-state index contributed by atoms with van der Waals surface area (Å²) in [7, 11) is 0. The van der Waals surface area contributed by atoms with Gasteiger partial charge in [0.05, 0.1) is 11.3 Å². The molecule has 23 heavy (non-hydrogen) atoms. The number of nitrogens with one attached hydrogen (secondary N) is 1. The number of halogens is 3. The zero-order valence-corrected chi connectivity index (χ0v) is 13.9. The highest BCUT2D eigenvalue weighted by atomic mass is 32.2. The number of aliphatic imine (C=N–C) groups is 1. The van der Waals surface area contributed by atoms with Crippen molar-refractivity contribution in [3.63, 3.8) is 0 Å². The van der Waals surface area contributed by atoms with Crippen molar-refractivity contribution in [3.8, 4) is 5.75 Å². The molecule has 1 aromatic rings. The lowest BCUT2D eigenvalue weighted by molar-refractivity contribution is -0.153. The summed E-state index contributed by atoms with van der Waals surface area (Å²) in [5.41, 5.74) is 4.37. The van der Waals surface area contributed by atoms with Crippen LogP contribution in [-0.2, 0) is 0 Å². The molecular formula is C15H18F3N3OS. The molecule has 8 heteroatoms. The van der Waals surface area contributed by atoms with E-state index in [2.05, 4.69) is 20.3 Å². The van der Waals surface area contributed by atoms with Gasteiger partial charge in [-0.3, -0.25) is 10.4 Å². The molecule has 1 N–H and O–H groups in total. The lowest BCUT2D eigenvalue weighted by atomic mass is 10.1. The monoisotopic (exact) mass is 345 g/mol. The van der Waals surface area contributed by atoms with Gasteiger partial charge >= 0.3 is 6.18 Å². The van der Waals surface area contributed by atoms with Crippen molar-refractivity contribution in [2.24, 2.45) is 10.1 Å². The summed E-state index contributed by atoms with van der Waals surface area (Å²) in [6, 6.07) is 6.40. The molecule has 2 rings (SSSR count). The largest absolute Gasteiger partial charge is 0.484 e. The molecule has 0 bridgehead atoms. The lowest BCUT2D eigenvalue weighted by Crippen LogP contribution is -2.28. The predicted molar refractivity (Wildman–Crippen MR) is 87.3 cm³/mol. The minimum Gasteiger partial charge on any atom is -0.484 e. The predicted octanol–water partition coefficient (Wildman–Crippen LogP) is 3.82. The molecule has 126 valence electrons. The number of benzene rings is 1. The molecule has 0 saturated carbocycles. The van der Waals surface area contributed by atoms with Crippen LogP contribution in [0.1, 0.15) is 26.3 Å². The van der Waals surface area contributed by atoms with E-state index in [0.29, 0.717) is 5.75 Å². The third-order valence-electron chi connectivity index (χ3n) is 2.66. The van der Waals surface area contributed by atoms with Crippen molar-refractivity contribution in [1.82, 2.24) is 5.43 Å². The molecule has 0 atom stereocenters. The van der Waals surface area contributed by atoms with E-state index >= 15 is 0 Å². The van der Waals surface area contributed by atoms with E-state index in [-0.39, 0.29) is 11.3 Å². The van der Waals surface area contributed by atoms with Gasteiger partial charge in [-0.1, -0.05) is 11.8 Å². The molecule has 0 spiro atoms. The molecule has 4 nitrogen and oxygen atoms in total. The first-order valence-electron chi connectivity index (χ1n) is 6.98. The second kappa shape index (κ2) is 6.82. The van der Waals surface area contributed by atoms with Crippen LogP contribution in [0.15, 0.2) is 34.4 Å². The van der Waals surface area contributed by atoms with Crippen molar-refractivity contribution in [2.75, 3.05) is 12.4 Å². The minimum atomic E-state index is -4.34. The Balaban J connectivity index is 2.00. The average Bonchev–Trinajstić information content (AvgIpc) is 2.44. The summed E-state index contributed by atoms with van der Waals surface area (Å²) in [6.07, 6.45) is -4.34. The first kappa shape index (κ1) is 17.7. The fourth-order valence-electron chi connectivity index (χ4n) is 1.74. The summed E-state index contributed by atoms with van der Waals surface area (Å²) < 4.78 is 41.0. The smallest absolute Gasteiger partial charge is 0.422 e. The quantitative estimate of drug-likeness (QED) is 0.906. The Labute approximate surface area is 137 Å². The Bertz CT molecular complexity index is 604. The van der Waals surface area contributed by atoms with Crippen molar-refractivity contribution >= 4 is 22.6 Å². The van der Waals surface area contributed by atoms with Crippen LogP contribution in [0.5, 0.6) is 5.75 Å². The molecule has 0 fully saturated rings. The van der Waals surface area contributed by atoms with Gasteiger partial charge in [-0.05, 0) is 50.6 Å². The molecule has 0 saturated heterocycles. The third kappa shape index (κ3) is 6.13. The number of ether oxygens (including phenoxy) is 1. The van der Waals surface area contributed by atoms with Crippen LogP contribution < -0.4 is 10.2 Å². The number of hydrogen-bond donors (Lipinski definition) is 1. The number of alkyl halides is 3. The van der Waals surface area contributed by atoms with Crippen LogP contribution in [0, 0.1) is 0 Å². The van der Waals surface area contributed by atoms with E-state index in [1.807, 2.05) is 20.8 Å². The highest BCUT2D eigenvalue weighted by Crippen LogP contribution is 2.21. The zero-order valence-electron chi connectivity index (χ0n) is 13.1. The number of hydrazone groups is 1. The van der Waals surface area contributed by atoms with Crippen molar-refractivity contribution in [3.05, 3.63) is 29.8 Å². The first-order chi connectivity index (χ1) is 10.6. The van der Waals surface area contributed by atoms with Gasteiger partial charge in [0.1, 0.15) is 5.75 Å². The summed E-state index contributed by atoms with van der Waals surface area (Å²) in [6.45, 7) is 4.71. The van der Waals surface area contributed by atoms with Crippen LogP contribution in [0.4, 0.5) is 13.2 Å².